The van der Waals surface area contributed by atoms with Gasteiger partial charge < -0.3 is 10.2 Å². The Kier molecular flexibility index (Phi) is 10.3. The summed E-state index contributed by atoms with van der Waals surface area (Å²) in [6.07, 6.45) is 5.20. The molecule has 0 heterocycles. The Hall–Kier alpha value is -0.540. The molecule has 2 nitrogen and oxygen atoms in total. The topological polar surface area (TPSA) is 40.5 Å². The minimum Gasteiger partial charge on any atom is -0.508 e. The third kappa shape index (κ3) is 8.22. The molecule has 0 atom stereocenters. The zero-order valence-corrected chi connectivity index (χ0v) is 12.3. The second kappa shape index (κ2) is 10.6. The number of aromatic hydroxyl groups is 1. The molecule has 1 aromatic carbocycles. The molecule has 2 rings (SSSR count). The second-order valence-electron chi connectivity index (χ2n) is 3.81. The summed E-state index contributed by atoms with van der Waals surface area (Å²) < 4.78 is 0.982. The van der Waals surface area contributed by atoms with Crippen LogP contribution in [0.2, 0.25) is 0 Å². The lowest BCUT2D eigenvalue weighted by Gasteiger charge is -1.98. The number of aliphatic hydroxyl groups excluding tert-OH is 1. The lowest BCUT2D eigenvalue weighted by Crippen LogP contribution is -1.97. The fraction of sp³-hybridized carbons (Fsp3) is 0.571. The van der Waals surface area contributed by atoms with E-state index in [1.807, 2.05) is 13.8 Å². The van der Waals surface area contributed by atoms with Crippen molar-refractivity contribution in [3.05, 3.63) is 28.7 Å². The molecular weight excluding hydrogens is 280 g/mol. The molecule has 1 saturated carbocycles. The van der Waals surface area contributed by atoms with Gasteiger partial charge in [0, 0.05) is 11.1 Å². The Morgan fingerprint density at radius 3 is 1.88 bits per heavy atom. The summed E-state index contributed by atoms with van der Waals surface area (Å²) in [6, 6.07) is 6.83. The maximum Gasteiger partial charge on any atom is 0.115 e. The van der Waals surface area contributed by atoms with Crippen LogP contribution in [0.4, 0.5) is 0 Å². The third-order valence-electron chi connectivity index (χ3n) is 2.56. The predicted molar refractivity (Wildman–Crippen MR) is 76.2 cm³/mol. The SMILES string of the molecule is CC.OCC1CCCC1.Oc1ccc(Br)cc1. The molecule has 1 aliphatic rings. The number of phenols is 1. The van der Waals surface area contributed by atoms with Gasteiger partial charge in [0.1, 0.15) is 5.75 Å². The van der Waals surface area contributed by atoms with Crippen LogP contribution in [0.25, 0.3) is 0 Å². The lowest BCUT2D eigenvalue weighted by atomic mass is 10.1. The first-order valence-electron chi connectivity index (χ1n) is 6.27. The van der Waals surface area contributed by atoms with Crippen molar-refractivity contribution < 1.29 is 10.2 Å². The van der Waals surface area contributed by atoms with Crippen molar-refractivity contribution >= 4 is 15.9 Å². The quantitative estimate of drug-likeness (QED) is 0.809. The molecule has 0 unspecified atom stereocenters. The van der Waals surface area contributed by atoms with Crippen LogP contribution in [0, 0.1) is 5.92 Å². The minimum atomic E-state index is 0.299. The van der Waals surface area contributed by atoms with Crippen LogP contribution in [0.3, 0.4) is 0 Å². The Labute approximate surface area is 113 Å². The van der Waals surface area contributed by atoms with Gasteiger partial charge in [0.25, 0.3) is 0 Å². The zero-order valence-electron chi connectivity index (χ0n) is 10.7. The lowest BCUT2D eigenvalue weighted by molar-refractivity contribution is 0.230. The largest absolute Gasteiger partial charge is 0.508 e. The van der Waals surface area contributed by atoms with Gasteiger partial charge in [-0.2, -0.15) is 0 Å². The molecule has 0 saturated heterocycles. The van der Waals surface area contributed by atoms with Crippen LogP contribution >= 0.6 is 15.9 Å². The van der Waals surface area contributed by atoms with Crippen molar-refractivity contribution in [2.45, 2.75) is 39.5 Å². The number of hydrogen-bond acceptors (Lipinski definition) is 2. The summed E-state index contributed by atoms with van der Waals surface area (Å²) in [5.41, 5.74) is 0. The van der Waals surface area contributed by atoms with Gasteiger partial charge in [0.05, 0.1) is 0 Å². The van der Waals surface area contributed by atoms with Gasteiger partial charge in [0.15, 0.2) is 0 Å². The summed E-state index contributed by atoms with van der Waals surface area (Å²) in [6.45, 7) is 4.42. The van der Waals surface area contributed by atoms with Crippen LogP contribution < -0.4 is 0 Å². The molecule has 0 bridgehead atoms. The summed E-state index contributed by atoms with van der Waals surface area (Å²) in [7, 11) is 0. The maximum absolute atomic E-state index is 8.74. The summed E-state index contributed by atoms with van der Waals surface area (Å²) in [5, 5.41) is 17.3. The van der Waals surface area contributed by atoms with E-state index in [1.165, 1.54) is 25.7 Å². The predicted octanol–water partition coefficient (Wildman–Crippen LogP) is 4.35. The molecule has 0 radical (unpaired) electrons. The van der Waals surface area contributed by atoms with Gasteiger partial charge in [0.2, 0.25) is 0 Å². The Bertz CT molecular complexity index is 245. The fourth-order valence-corrected chi connectivity index (χ4v) is 1.90. The van der Waals surface area contributed by atoms with Crippen molar-refractivity contribution in [3.63, 3.8) is 0 Å². The van der Waals surface area contributed by atoms with E-state index in [-0.39, 0.29) is 0 Å². The maximum atomic E-state index is 8.74. The molecule has 0 spiro atoms. The molecule has 98 valence electrons. The van der Waals surface area contributed by atoms with E-state index in [4.69, 9.17) is 10.2 Å². The molecule has 0 amide bonds. The number of phenolic OH excluding ortho intramolecular Hbond substituents is 1. The first-order valence-corrected chi connectivity index (χ1v) is 7.07. The van der Waals surface area contributed by atoms with Gasteiger partial charge in [-0.25, -0.2) is 0 Å². The van der Waals surface area contributed by atoms with Crippen molar-refractivity contribution in [2.24, 2.45) is 5.92 Å². The van der Waals surface area contributed by atoms with Gasteiger partial charge in [-0.1, -0.05) is 42.6 Å². The van der Waals surface area contributed by atoms with Crippen molar-refractivity contribution in [2.75, 3.05) is 6.61 Å². The van der Waals surface area contributed by atoms with Gasteiger partial charge in [-0.3, -0.25) is 0 Å². The van der Waals surface area contributed by atoms with E-state index in [1.54, 1.807) is 24.3 Å². The Morgan fingerprint density at radius 2 is 1.59 bits per heavy atom. The van der Waals surface area contributed by atoms with Gasteiger partial charge >= 0.3 is 0 Å². The molecule has 0 aliphatic heterocycles. The van der Waals surface area contributed by atoms with E-state index in [0.29, 0.717) is 18.3 Å². The molecule has 1 fully saturated rings. The number of rotatable bonds is 1. The van der Waals surface area contributed by atoms with E-state index >= 15 is 0 Å². The third-order valence-corrected chi connectivity index (χ3v) is 3.09. The monoisotopic (exact) mass is 302 g/mol. The smallest absolute Gasteiger partial charge is 0.115 e. The van der Waals surface area contributed by atoms with Crippen molar-refractivity contribution in [1.82, 2.24) is 0 Å². The van der Waals surface area contributed by atoms with Crippen LogP contribution in [0.15, 0.2) is 28.7 Å². The summed E-state index contributed by atoms with van der Waals surface area (Å²) in [4.78, 5) is 0. The minimum absolute atomic E-state index is 0.299. The molecule has 3 heteroatoms. The molecule has 1 aliphatic carbocycles. The van der Waals surface area contributed by atoms with Crippen LogP contribution in [-0.2, 0) is 0 Å². The number of benzene rings is 1. The second-order valence-corrected chi connectivity index (χ2v) is 4.73. The Balaban J connectivity index is 0.000000265. The highest BCUT2D eigenvalue weighted by Crippen LogP contribution is 2.23. The van der Waals surface area contributed by atoms with Crippen molar-refractivity contribution in [1.29, 1.82) is 0 Å². The average molecular weight is 303 g/mol. The van der Waals surface area contributed by atoms with Crippen LogP contribution in [0.5, 0.6) is 5.75 Å². The molecule has 2 N–H and O–H groups in total. The van der Waals surface area contributed by atoms with E-state index in [2.05, 4.69) is 15.9 Å². The highest BCUT2D eigenvalue weighted by Gasteiger charge is 2.12. The highest BCUT2D eigenvalue weighted by molar-refractivity contribution is 9.10. The van der Waals surface area contributed by atoms with Crippen molar-refractivity contribution in [3.8, 4) is 5.75 Å². The fourth-order valence-electron chi connectivity index (χ4n) is 1.63. The van der Waals surface area contributed by atoms with Crippen LogP contribution in [-0.4, -0.2) is 16.8 Å². The van der Waals surface area contributed by atoms with E-state index < -0.39 is 0 Å². The zero-order chi connectivity index (χ0) is 13.1. The first kappa shape index (κ1) is 16.5. The average Bonchev–Trinajstić information content (AvgIpc) is 2.89. The first-order chi connectivity index (χ1) is 8.22. The molecule has 0 aromatic heterocycles. The molecule has 1 aromatic rings. The van der Waals surface area contributed by atoms with Crippen LogP contribution in [0.1, 0.15) is 39.5 Å². The van der Waals surface area contributed by atoms with E-state index in [0.717, 1.165) is 4.47 Å². The van der Waals surface area contributed by atoms with E-state index in [9.17, 15) is 0 Å². The number of aliphatic hydroxyl groups is 1. The molecular formula is C14H23BrO2. The highest BCUT2D eigenvalue weighted by atomic mass is 79.9. The molecule has 17 heavy (non-hydrogen) atoms. The normalized spacial score (nSPS) is 14.4. The standard InChI is InChI=1S/C6H5BrO.C6H12O.C2H6/c7-5-1-3-6(8)4-2-5;7-5-6-3-1-2-4-6;1-2/h1-4,8H;6-7H,1-5H2;1-2H3. The summed E-state index contributed by atoms with van der Waals surface area (Å²) >= 11 is 3.23. The number of hydrogen-bond donors (Lipinski definition) is 2. The number of halogens is 1. The van der Waals surface area contributed by atoms with Gasteiger partial charge in [-0.15, -0.1) is 0 Å². The van der Waals surface area contributed by atoms with Gasteiger partial charge in [-0.05, 0) is 43.0 Å². The summed E-state index contributed by atoms with van der Waals surface area (Å²) in [5.74, 6) is 0.952. The Morgan fingerprint density at radius 1 is 1.12 bits per heavy atom.